The molecule has 1 fully saturated rings. The Morgan fingerprint density at radius 1 is 1.27 bits per heavy atom. The van der Waals surface area contributed by atoms with Crippen molar-refractivity contribution in [3.63, 3.8) is 0 Å². The molecule has 1 heterocycles. The van der Waals surface area contributed by atoms with Crippen LogP contribution >= 0.6 is 23.4 Å². The molecule has 1 N–H and O–H groups in total. The fourth-order valence-electron chi connectivity index (χ4n) is 3.02. The van der Waals surface area contributed by atoms with Crippen molar-refractivity contribution >= 4 is 57.7 Å². The van der Waals surface area contributed by atoms with E-state index in [0.717, 1.165) is 29.5 Å². The Kier molecular flexibility index (Phi) is 8.46. The zero-order valence-electron chi connectivity index (χ0n) is 17.8. The van der Waals surface area contributed by atoms with Gasteiger partial charge in [-0.3, -0.25) is 14.9 Å². The summed E-state index contributed by atoms with van der Waals surface area (Å²) < 4.78 is 5.17. The largest absolute Gasteiger partial charge is 0.462 e. The number of carbonyl (C=O) groups is 3. The lowest BCUT2D eigenvalue weighted by molar-refractivity contribution is -0.121. The number of unbranched alkanes of at least 4 members (excludes halogenated alkanes) is 1. The highest BCUT2D eigenvalue weighted by Gasteiger charge is 2.41. The molecule has 170 valence electrons. The lowest BCUT2D eigenvalue weighted by Gasteiger charge is -2.15. The highest BCUT2D eigenvalue weighted by atomic mass is 35.5. The maximum Gasteiger partial charge on any atom is 0.338 e. The first-order valence-corrected chi connectivity index (χ1v) is 11.5. The number of ether oxygens (including phenoxy) is 1. The Bertz CT molecular complexity index is 1110. The van der Waals surface area contributed by atoms with Gasteiger partial charge in [0.25, 0.3) is 0 Å². The van der Waals surface area contributed by atoms with Crippen molar-refractivity contribution in [2.45, 2.75) is 31.4 Å². The van der Waals surface area contributed by atoms with Crippen LogP contribution in [0.2, 0.25) is 5.02 Å². The Hall–Kier alpha value is -3.35. The van der Waals surface area contributed by atoms with Crippen LogP contribution in [0.1, 0.15) is 36.5 Å². The number of nitrogens with zero attached hydrogens (tertiary/aromatic N) is 3. The molecule has 0 aliphatic carbocycles. The predicted octanol–water partition coefficient (Wildman–Crippen LogP) is 4.42. The van der Waals surface area contributed by atoms with Crippen LogP contribution in [0.4, 0.5) is 11.4 Å². The molecule has 0 radical (unpaired) electrons. The van der Waals surface area contributed by atoms with Gasteiger partial charge in [0.05, 0.1) is 28.6 Å². The van der Waals surface area contributed by atoms with Gasteiger partial charge in [-0.25, -0.2) is 14.7 Å². The van der Waals surface area contributed by atoms with E-state index in [9.17, 15) is 14.4 Å². The number of thioether (sulfide) groups is 1. The van der Waals surface area contributed by atoms with Gasteiger partial charge in [0.15, 0.2) is 11.4 Å². The first-order valence-electron chi connectivity index (χ1n) is 10.2. The van der Waals surface area contributed by atoms with Crippen molar-refractivity contribution < 1.29 is 19.1 Å². The number of para-hydroxylation sites is 1. The van der Waals surface area contributed by atoms with Crippen LogP contribution in [-0.2, 0) is 14.3 Å². The molecule has 1 saturated heterocycles. The van der Waals surface area contributed by atoms with E-state index in [1.165, 1.54) is 24.3 Å². The Labute approximate surface area is 200 Å². The van der Waals surface area contributed by atoms with Gasteiger partial charge in [-0.1, -0.05) is 48.8 Å². The third-order valence-corrected chi connectivity index (χ3v) is 6.08. The summed E-state index contributed by atoms with van der Waals surface area (Å²) in [7, 11) is 0. The second kappa shape index (κ2) is 11.5. The van der Waals surface area contributed by atoms with Crippen LogP contribution in [0.3, 0.4) is 0 Å². The maximum absolute atomic E-state index is 13.0. The molecule has 8 nitrogen and oxygen atoms in total. The molecule has 0 saturated carbocycles. The highest BCUT2D eigenvalue weighted by Crippen LogP contribution is 2.32. The van der Waals surface area contributed by atoms with Gasteiger partial charge in [0, 0.05) is 6.42 Å². The number of halogens is 1. The molecule has 0 bridgehead atoms. The predicted molar refractivity (Wildman–Crippen MR) is 127 cm³/mol. The maximum atomic E-state index is 13.0. The number of imide groups is 1. The number of esters is 1. The van der Waals surface area contributed by atoms with Crippen LogP contribution in [-0.4, -0.2) is 34.8 Å². The molecule has 2 aromatic rings. The third kappa shape index (κ3) is 6.12. The van der Waals surface area contributed by atoms with E-state index in [2.05, 4.69) is 10.3 Å². The molecule has 2 amide bonds. The Morgan fingerprint density at radius 2 is 2.00 bits per heavy atom. The number of carbonyl (C=O) groups excluding carboxylic acids is 3. The molecule has 1 atom stereocenters. The average Bonchev–Trinajstić information content (AvgIpc) is 3.08. The molecule has 1 aliphatic rings. The molecule has 0 aromatic heterocycles. The van der Waals surface area contributed by atoms with E-state index in [1.54, 1.807) is 30.5 Å². The first kappa shape index (κ1) is 24.3. The molecule has 3 rings (SSSR count). The minimum absolute atomic E-state index is 0.0566. The minimum Gasteiger partial charge on any atom is -0.462 e. The van der Waals surface area contributed by atoms with E-state index >= 15 is 0 Å². The van der Waals surface area contributed by atoms with Crippen LogP contribution in [0.5, 0.6) is 0 Å². The van der Waals surface area contributed by atoms with Crippen LogP contribution in [0.15, 0.2) is 53.5 Å². The minimum atomic E-state index is -0.765. The number of aliphatic imine (C=N–C) groups is 1. The topological polar surface area (TPSA) is 112 Å². The van der Waals surface area contributed by atoms with Crippen LogP contribution in [0.25, 0.3) is 0 Å². The third-order valence-electron chi connectivity index (χ3n) is 4.69. The molecular weight excluding hydrogens is 464 g/mol. The standard InChI is InChI=1S/C23H21ClN4O4S/c1-2-3-12-32-22(31)15-8-10-16(11-9-15)28-20(29)13-19(21(28)30)33-23(26-14-25)27-18-7-5-4-6-17(18)24/h4-11,19H,2-3,12-13H2,1H3,(H,26,27)/t19-/m0/s1. The van der Waals surface area contributed by atoms with Crippen molar-refractivity contribution in [2.24, 2.45) is 4.99 Å². The quantitative estimate of drug-likeness (QED) is 0.118. The Morgan fingerprint density at radius 3 is 2.67 bits per heavy atom. The lowest BCUT2D eigenvalue weighted by atomic mass is 10.2. The second-order valence-electron chi connectivity index (χ2n) is 7.02. The molecule has 1 aliphatic heterocycles. The number of amidine groups is 1. The number of amides is 2. The molecule has 10 heteroatoms. The normalized spacial score (nSPS) is 16.0. The summed E-state index contributed by atoms with van der Waals surface area (Å²) in [5.41, 5.74) is 1.13. The van der Waals surface area contributed by atoms with Crippen LogP contribution < -0.4 is 10.2 Å². The molecule has 0 unspecified atom stereocenters. The fourth-order valence-corrected chi connectivity index (χ4v) is 4.16. The number of anilines is 1. The van der Waals surface area contributed by atoms with Crippen molar-refractivity contribution in [2.75, 3.05) is 11.5 Å². The van der Waals surface area contributed by atoms with Crippen molar-refractivity contribution in [3.8, 4) is 6.19 Å². The van der Waals surface area contributed by atoms with Gasteiger partial charge >= 0.3 is 5.97 Å². The number of nitrogens with one attached hydrogen (secondary N) is 1. The monoisotopic (exact) mass is 484 g/mol. The van der Waals surface area contributed by atoms with Gasteiger partial charge in [-0.05, 0) is 42.8 Å². The fraction of sp³-hybridized carbons (Fsp3) is 0.261. The van der Waals surface area contributed by atoms with E-state index in [1.807, 2.05) is 6.92 Å². The lowest BCUT2D eigenvalue weighted by Crippen LogP contribution is -2.32. The van der Waals surface area contributed by atoms with Gasteiger partial charge < -0.3 is 4.74 Å². The number of nitriles is 1. The summed E-state index contributed by atoms with van der Waals surface area (Å²) >= 11 is 7.10. The second-order valence-corrected chi connectivity index (χ2v) is 8.62. The smallest absolute Gasteiger partial charge is 0.338 e. The summed E-state index contributed by atoms with van der Waals surface area (Å²) in [5, 5.41) is 11.3. The number of rotatable bonds is 7. The van der Waals surface area contributed by atoms with Crippen molar-refractivity contribution in [1.29, 1.82) is 5.26 Å². The summed E-state index contributed by atoms with van der Waals surface area (Å²) in [5.74, 6) is -1.27. The van der Waals surface area contributed by atoms with Crippen molar-refractivity contribution in [1.82, 2.24) is 5.32 Å². The highest BCUT2D eigenvalue weighted by molar-refractivity contribution is 8.15. The summed E-state index contributed by atoms with van der Waals surface area (Å²) in [4.78, 5) is 43.0. The zero-order chi connectivity index (χ0) is 23.8. The summed E-state index contributed by atoms with van der Waals surface area (Å²) in [6.45, 7) is 2.34. The van der Waals surface area contributed by atoms with Gasteiger partial charge in [-0.2, -0.15) is 5.26 Å². The van der Waals surface area contributed by atoms with Gasteiger partial charge in [0.2, 0.25) is 11.8 Å². The van der Waals surface area contributed by atoms with E-state index < -0.39 is 17.1 Å². The number of hydrogen-bond donors (Lipinski definition) is 1. The molecule has 0 spiro atoms. The van der Waals surface area contributed by atoms with E-state index in [4.69, 9.17) is 21.6 Å². The zero-order valence-corrected chi connectivity index (χ0v) is 19.4. The van der Waals surface area contributed by atoms with Gasteiger partial charge in [-0.15, -0.1) is 0 Å². The van der Waals surface area contributed by atoms with Gasteiger partial charge in [0.1, 0.15) is 5.25 Å². The van der Waals surface area contributed by atoms with Crippen molar-refractivity contribution in [3.05, 3.63) is 59.1 Å². The summed E-state index contributed by atoms with van der Waals surface area (Å²) in [6, 6.07) is 12.9. The average molecular weight is 485 g/mol. The SMILES string of the molecule is CCCCOC(=O)c1ccc(N2C(=O)C[C@H](SC(=Nc3ccccc3Cl)NC#N)C2=O)cc1. The Balaban J connectivity index is 1.73. The molecule has 33 heavy (non-hydrogen) atoms. The van der Waals surface area contributed by atoms with E-state index in [0.29, 0.717) is 28.6 Å². The molecule has 2 aromatic carbocycles. The van der Waals surface area contributed by atoms with E-state index in [-0.39, 0.29) is 17.5 Å². The number of benzene rings is 2. The first-order chi connectivity index (χ1) is 15.9. The number of hydrogen-bond acceptors (Lipinski definition) is 7. The van der Waals surface area contributed by atoms with Crippen LogP contribution in [0, 0.1) is 11.5 Å². The molecular formula is C23H21ClN4O4S. The summed E-state index contributed by atoms with van der Waals surface area (Å²) in [6.07, 6.45) is 3.43.